The Morgan fingerprint density at radius 2 is 1.80 bits per heavy atom. The van der Waals surface area contributed by atoms with Crippen molar-refractivity contribution in [2.24, 2.45) is 0 Å². The minimum atomic E-state index is -0.534. The SMILES string of the molecule is CN(Cc1ccc(NC(=O)OC(C)(C)C)cc1)C(=O)Cl. The molecule has 20 heavy (non-hydrogen) atoms. The number of ether oxygens (including phenoxy) is 1. The van der Waals surface area contributed by atoms with Crippen LogP contribution >= 0.6 is 11.6 Å². The van der Waals surface area contributed by atoms with E-state index in [0.717, 1.165) is 5.56 Å². The van der Waals surface area contributed by atoms with Gasteiger partial charge in [0.15, 0.2) is 0 Å². The molecule has 6 heteroatoms. The molecule has 0 spiro atoms. The summed E-state index contributed by atoms with van der Waals surface area (Å²) in [7, 11) is 1.61. The van der Waals surface area contributed by atoms with Crippen LogP contribution in [0, 0.1) is 0 Å². The van der Waals surface area contributed by atoms with Crippen LogP contribution in [0.3, 0.4) is 0 Å². The molecule has 0 bridgehead atoms. The van der Waals surface area contributed by atoms with Crippen LogP contribution < -0.4 is 5.32 Å². The first-order valence-electron chi connectivity index (χ1n) is 6.17. The summed E-state index contributed by atoms with van der Waals surface area (Å²) in [6.07, 6.45) is -0.502. The van der Waals surface area contributed by atoms with Crippen molar-refractivity contribution in [2.75, 3.05) is 12.4 Å². The molecule has 1 aromatic rings. The van der Waals surface area contributed by atoms with E-state index < -0.39 is 17.1 Å². The molecule has 2 amide bonds. The highest BCUT2D eigenvalue weighted by atomic mass is 35.5. The Morgan fingerprint density at radius 1 is 1.25 bits per heavy atom. The second-order valence-corrected chi connectivity index (χ2v) is 5.76. The molecule has 1 N–H and O–H groups in total. The minimum Gasteiger partial charge on any atom is -0.444 e. The molecular weight excluding hydrogens is 280 g/mol. The van der Waals surface area contributed by atoms with E-state index in [9.17, 15) is 9.59 Å². The molecule has 0 aliphatic heterocycles. The zero-order valence-corrected chi connectivity index (χ0v) is 12.8. The molecule has 0 aromatic heterocycles. The molecule has 110 valence electrons. The Morgan fingerprint density at radius 3 is 2.25 bits per heavy atom. The number of nitrogens with one attached hydrogen (secondary N) is 1. The molecule has 1 rings (SSSR count). The van der Waals surface area contributed by atoms with E-state index in [1.54, 1.807) is 40.0 Å². The smallest absolute Gasteiger partial charge is 0.412 e. The third-order valence-electron chi connectivity index (χ3n) is 2.32. The van der Waals surface area contributed by atoms with Crippen molar-refractivity contribution in [3.05, 3.63) is 29.8 Å². The highest BCUT2D eigenvalue weighted by Gasteiger charge is 2.16. The van der Waals surface area contributed by atoms with Gasteiger partial charge in [0, 0.05) is 19.3 Å². The van der Waals surface area contributed by atoms with Gasteiger partial charge in [-0.1, -0.05) is 12.1 Å². The number of amides is 2. The third-order valence-corrected chi connectivity index (χ3v) is 2.61. The molecule has 0 radical (unpaired) electrons. The molecule has 5 nitrogen and oxygen atoms in total. The number of nitrogens with zero attached hydrogens (tertiary/aromatic N) is 1. The Kier molecular flexibility index (Phi) is 5.39. The van der Waals surface area contributed by atoms with Gasteiger partial charge in [0.1, 0.15) is 5.60 Å². The lowest BCUT2D eigenvalue weighted by Crippen LogP contribution is -2.27. The first-order valence-corrected chi connectivity index (χ1v) is 6.55. The fraction of sp³-hybridized carbons (Fsp3) is 0.429. The maximum absolute atomic E-state index is 11.6. The Hall–Kier alpha value is -1.75. The molecule has 0 aliphatic carbocycles. The lowest BCUT2D eigenvalue weighted by molar-refractivity contribution is 0.0636. The van der Waals surface area contributed by atoms with Gasteiger partial charge in [0.2, 0.25) is 0 Å². The highest BCUT2D eigenvalue weighted by molar-refractivity contribution is 6.62. The van der Waals surface area contributed by atoms with Gasteiger partial charge in [-0.15, -0.1) is 0 Å². The third kappa shape index (κ3) is 5.93. The van der Waals surface area contributed by atoms with Gasteiger partial charge in [0.05, 0.1) is 0 Å². The maximum atomic E-state index is 11.6. The van der Waals surface area contributed by atoms with E-state index in [-0.39, 0.29) is 0 Å². The minimum absolute atomic E-state index is 0.412. The summed E-state index contributed by atoms with van der Waals surface area (Å²) < 4.78 is 5.15. The predicted molar refractivity (Wildman–Crippen MR) is 79.0 cm³/mol. The lowest BCUT2D eigenvalue weighted by atomic mass is 10.2. The first-order chi connectivity index (χ1) is 9.17. The number of rotatable bonds is 3. The number of anilines is 1. The molecule has 0 saturated carbocycles. The number of hydrogen-bond acceptors (Lipinski definition) is 3. The van der Waals surface area contributed by atoms with Crippen molar-refractivity contribution in [2.45, 2.75) is 32.9 Å². The molecular formula is C14H19ClN2O3. The summed E-state index contributed by atoms with van der Waals surface area (Å²) in [6.45, 7) is 5.81. The van der Waals surface area contributed by atoms with Crippen molar-refractivity contribution in [3.8, 4) is 0 Å². The second-order valence-electron chi connectivity index (χ2n) is 5.43. The molecule has 0 unspecified atom stereocenters. The number of hydrogen-bond donors (Lipinski definition) is 1. The molecule has 0 atom stereocenters. The summed E-state index contributed by atoms with van der Waals surface area (Å²) in [5.41, 5.74) is 1.01. The average Bonchev–Trinajstić information content (AvgIpc) is 2.28. The van der Waals surface area contributed by atoms with Gasteiger partial charge in [0.25, 0.3) is 0 Å². The van der Waals surface area contributed by atoms with E-state index in [4.69, 9.17) is 16.3 Å². The van der Waals surface area contributed by atoms with Crippen LogP contribution in [-0.4, -0.2) is 29.0 Å². The van der Waals surface area contributed by atoms with Crippen molar-refractivity contribution in [3.63, 3.8) is 0 Å². The Bertz CT molecular complexity index is 480. The average molecular weight is 299 g/mol. The number of halogens is 1. The van der Waals surface area contributed by atoms with Crippen molar-refractivity contribution in [1.82, 2.24) is 4.90 Å². The summed E-state index contributed by atoms with van der Waals surface area (Å²) in [5.74, 6) is 0. The Labute approximate surface area is 123 Å². The highest BCUT2D eigenvalue weighted by Crippen LogP contribution is 2.14. The fourth-order valence-corrected chi connectivity index (χ4v) is 1.51. The van der Waals surface area contributed by atoms with E-state index in [0.29, 0.717) is 12.2 Å². The predicted octanol–water partition coefficient (Wildman–Crippen LogP) is 3.82. The first kappa shape index (κ1) is 16.3. The number of benzene rings is 1. The van der Waals surface area contributed by atoms with Gasteiger partial charge < -0.3 is 9.64 Å². The van der Waals surface area contributed by atoms with Crippen LogP contribution in [0.2, 0.25) is 0 Å². The monoisotopic (exact) mass is 298 g/mol. The van der Waals surface area contributed by atoms with Crippen molar-refractivity contribution in [1.29, 1.82) is 0 Å². The molecule has 0 fully saturated rings. The topological polar surface area (TPSA) is 58.6 Å². The number of carbonyl (C=O) groups is 2. The van der Waals surface area contributed by atoms with Gasteiger partial charge in [-0.25, -0.2) is 4.79 Å². The normalized spacial score (nSPS) is 10.8. The maximum Gasteiger partial charge on any atom is 0.412 e. The van der Waals surface area contributed by atoms with Crippen LogP contribution in [0.4, 0.5) is 15.3 Å². The van der Waals surface area contributed by atoms with Gasteiger partial charge in [-0.05, 0) is 50.1 Å². The fourth-order valence-electron chi connectivity index (χ4n) is 1.45. The van der Waals surface area contributed by atoms with Gasteiger partial charge in [-0.2, -0.15) is 0 Å². The van der Waals surface area contributed by atoms with Gasteiger partial charge in [-0.3, -0.25) is 10.1 Å². The van der Waals surface area contributed by atoms with Crippen LogP contribution in [0.5, 0.6) is 0 Å². The van der Waals surface area contributed by atoms with E-state index >= 15 is 0 Å². The summed E-state index contributed by atoms with van der Waals surface area (Å²) in [4.78, 5) is 23.9. The standard InChI is InChI=1S/C14H19ClN2O3/c1-14(2,3)20-13(19)16-11-7-5-10(6-8-11)9-17(4)12(15)18/h5-8H,9H2,1-4H3,(H,16,19). The zero-order chi connectivity index (χ0) is 15.3. The zero-order valence-electron chi connectivity index (χ0n) is 12.1. The van der Waals surface area contributed by atoms with Crippen LogP contribution in [-0.2, 0) is 11.3 Å². The van der Waals surface area contributed by atoms with Crippen molar-refractivity contribution < 1.29 is 14.3 Å². The number of carbonyl (C=O) groups excluding carboxylic acids is 2. The van der Waals surface area contributed by atoms with E-state index in [1.165, 1.54) is 4.90 Å². The van der Waals surface area contributed by atoms with Gasteiger partial charge >= 0.3 is 11.5 Å². The van der Waals surface area contributed by atoms with E-state index in [2.05, 4.69) is 5.32 Å². The van der Waals surface area contributed by atoms with Crippen LogP contribution in [0.1, 0.15) is 26.3 Å². The summed E-state index contributed by atoms with van der Waals surface area (Å²) in [5, 5.41) is 2.12. The van der Waals surface area contributed by atoms with Crippen LogP contribution in [0.25, 0.3) is 0 Å². The van der Waals surface area contributed by atoms with Crippen molar-refractivity contribution >= 4 is 28.7 Å². The largest absolute Gasteiger partial charge is 0.444 e. The molecule has 0 aliphatic rings. The van der Waals surface area contributed by atoms with Crippen LogP contribution in [0.15, 0.2) is 24.3 Å². The quantitative estimate of drug-likeness (QED) is 0.681. The molecule has 1 aromatic carbocycles. The summed E-state index contributed by atoms with van der Waals surface area (Å²) >= 11 is 5.35. The molecule has 0 saturated heterocycles. The Balaban J connectivity index is 2.59. The lowest BCUT2D eigenvalue weighted by Gasteiger charge is -2.19. The summed E-state index contributed by atoms with van der Waals surface area (Å²) in [6, 6.07) is 7.10. The second kappa shape index (κ2) is 6.61. The van der Waals surface area contributed by atoms with E-state index in [1.807, 2.05) is 12.1 Å². The molecule has 0 heterocycles.